The first-order chi connectivity index (χ1) is 14.4. The largest absolute Gasteiger partial charge is 0.444 e. The van der Waals surface area contributed by atoms with E-state index in [-0.39, 0.29) is 6.54 Å². The fraction of sp³-hybridized carbons (Fsp3) is 0.500. The number of ether oxygens (including phenoxy) is 1. The van der Waals surface area contributed by atoms with Crippen molar-refractivity contribution < 1.29 is 19.0 Å². The van der Waals surface area contributed by atoms with Crippen molar-refractivity contribution in [3.8, 4) is 0 Å². The number of amides is 1. The van der Waals surface area contributed by atoms with Crippen LogP contribution in [-0.2, 0) is 23.4 Å². The molecule has 3 N–H and O–H groups in total. The molecule has 0 spiro atoms. The minimum Gasteiger partial charge on any atom is -0.444 e. The van der Waals surface area contributed by atoms with Gasteiger partial charge in [-0.1, -0.05) is 30.3 Å². The number of benzene rings is 1. The standard InChI is InChI=1S/C24H34FN3O3/c1-23(2,3)31-22(30)28-20(12-17-9-7-6-8-10-17)21(29)16-27-14-18-11-19(15-26-13-18)24(4,5)25/h6-11,13,15,20-21,27,29H,12,14,16H2,1-5H3,(H,28,30)/t20-,21+/m0/s1. The molecule has 0 bridgehead atoms. The van der Waals surface area contributed by atoms with E-state index in [0.717, 1.165) is 11.1 Å². The van der Waals surface area contributed by atoms with Crippen LogP contribution in [0.3, 0.4) is 0 Å². The monoisotopic (exact) mass is 431 g/mol. The second kappa shape index (κ2) is 10.7. The number of pyridine rings is 1. The van der Waals surface area contributed by atoms with E-state index in [9.17, 15) is 14.3 Å². The Kier molecular flexibility index (Phi) is 8.53. The number of aliphatic hydroxyl groups excluding tert-OH is 1. The summed E-state index contributed by atoms with van der Waals surface area (Å²) in [7, 11) is 0. The summed E-state index contributed by atoms with van der Waals surface area (Å²) >= 11 is 0. The minimum atomic E-state index is -1.47. The highest BCUT2D eigenvalue weighted by molar-refractivity contribution is 5.68. The van der Waals surface area contributed by atoms with Gasteiger partial charge in [0, 0.05) is 31.0 Å². The van der Waals surface area contributed by atoms with Crippen molar-refractivity contribution >= 4 is 6.09 Å². The van der Waals surface area contributed by atoms with E-state index in [2.05, 4.69) is 15.6 Å². The zero-order valence-electron chi connectivity index (χ0n) is 19.0. The van der Waals surface area contributed by atoms with Crippen molar-refractivity contribution in [3.63, 3.8) is 0 Å². The molecule has 0 saturated carbocycles. The van der Waals surface area contributed by atoms with Crippen LogP contribution in [0.25, 0.3) is 0 Å². The van der Waals surface area contributed by atoms with E-state index >= 15 is 0 Å². The van der Waals surface area contributed by atoms with Crippen molar-refractivity contribution in [1.82, 2.24) is 15.6 Å². The number of carbonyl (C=O) groups excluding carboxylic acids is 1. The van der Waals surface area contributed by atoms with E-state index in [0.29, 0.717) is 18.5 Å². The molecule has 1 aromatic carbocycles. The summed E-state index contributed by atoms with van der Waals surface area (Å²) in [5, 5.41) is 16.7. The Hall–Kier alpha value is -2.51. The van der Waals surface area contributed by atoms with Crippen molar-refractivity contribution in [3.05, 3.63) is 65.5 Å². The molecule has 0 radical (unpaired) electrons. The first kappa shape index (κ1) is 24.8. The van der Waals surface area contributed by atoms with Crippen LogP contribution in [0.2, 0.25) is 0 Å². The highest BCUT2D eigenvalue weighted by atomic mass is 19.1. The van der Waals surface area contributed by atoms with Gasteiger partial charge in [0.2, 0.25) is 0 Å². The molecule has 0 aliphatic rings. The zero-order chi connectivity index (χ0) is 23.1. The van der Waals surface area contributed by atoms with Gasteiger partial charge >= 0.3 is 6.09 Å². The fourth-order valence-corrected chi connectivity index (χ4v) is 3.03. The summed E-state index contributed by atoms with van der Waals surface area (Å²) in [4.78, 5) is 16.4. The van der Waals surface area contributed by atoms with Crippen LogP contribution >= 0.6 is 0 Å². The predicted molar refractivity (Wildman–Crippen MR) is 119 cm³/mol. The molecule has 0 unspecified atom stereocenters. The van der Waals surface area contributed by atoms with Crippen LogP contribution in [0.1, 0.15) is 51.3 Å². The summed E-state index contributed by atoms with van der Waals surface area (Å²) in [6.07, 6.45) is 2.19. The van der Waals surface area contributed by atoms with Crippen LogP contribution in [0.4, 0.5) is 9.18 Å². The van der Waals surface area contributed by atoms with Crippen molar-refractivity contribution in [2.75, 3.05) is 6.54 Å². The molecule has 1 aromatic heterocycles. The Balaban J connectivity index is 1.99. The van der Waals surface area contributed by atoms with Crippen molar-refractivity contribution in [2.45, 2.75) is 71.0 Å². The lowest BCUT2D eigenvalue weighted by molar-refractivity contribution is 0.0422. The Morgan fingerprint density at radius 2 is 1.81 bits per heavy atom. The third-order valence-corrected chi connectivity index (χ3v) is 4.63. The molecular formula is C24H34FN3O3. The van der Waals surface area contributed by atoms with Gasteiger partial charge in [0.25, 0.3) is 0 Å². The number of aromatic nitrogens is 1. The Bertz CT molecular complexity index is 832. The highest BCUT2D eigenvalue weighted by Gasteiger charge is 2.25. The maximum atomic E-state index is 14.2. The lowest BCUT2D eigenvalue weighted by atomic mass is 10.0. The van der Waals surface area contributed by atoms with Gasteiger partial charge in [0.1, 0.15) is 11.3 Å². The molecule has 0 aliphatic carbocycles. The van der Waals surface area contributed by atoms with Crippen LogP contribution in [0.5, 0.6) is 0 Å². The maximum absolute atomic E-state index is 14.2. The second-order valence-electron chi connectivity index (χ2n) is 9.20. The van der Waals surface area contributed by atoms with Gasteiger partial charge in [0.15, 0.2) is 0 Å². The lowest BCUT2D eigenvalue weighted by Gasteiger charge is -2.27. The van der Waals surface area contributed by atoms with E-state index < -0.39 is 29.5 Å². The number of nitrogens with one attached hydrogen (secondary N) is 2. The third-order valence-electron chi connectivity index (χ3n) is 4.63. The molecule has 1 heterocycles. The second-order valence-corrected chi connectivity index (χ2v) is 9.20. The van der Waals surface area contributed by atoms with Gasteiger partial charge in [0.05, 0.1) is 12.1 Å². The molecule has 1 amide bonds. The number of carbonyl (C=O) groups is 1. The molecule has 31 heavy (non-hydrogen) atoms. The number of alkyl carbamates (subject to hydrolysis) is 1. The highest BCUT2D eigenvalue weighted by Crippen LogP contribution is 2.24. The van der Waals surface area contributed by atoms with Crippen LogP contribution in [-0.4, -0.2) is 40.5 Å². The zero-order valence-corrected chi connectivity index (χ0v) is 19.0. The van der Waals surface area contributed by atoms with E-state index in [1.165, 1.54) is 20.0 Å². The SMILES string of the molecule is CC(C)(C)OC(=O)N[C@@H](Cc1ccccc1)[C@H](O)CNCc1cncc(C(C)(C)F)c1. The topological polar surface area (TPSA) is 83.5 Å². The van der Waals surface area contributed by atoms with Crippen molar-refractivity contribution in [1.29, 1.82) is 0 Å². The maximum Gasteiger partial charge on any atom is 0.407 e. The molecule has 6 nitrogen and oxygen atoms in total. The molecule has 2 rings (SSSR count). The molecule has 0 saturated heterocycles. The number of nitrogens with zero attached hydrogens (tertiary/aromatic N) is 1. The average molecular weight is 432 g/mol. The first-order valence-electron chi connectivity index (χ1n) is 10.5. The minimum absolute atomic E-state index is 0.233. The molecule has 0 fully saturated rings. The average Bonchev–Trinajstić information content (AvgIpc) is 2.66. The molecule has 2 atom stereocenters. The summed E-state index contributed by atoms with van der Waals surface area (Å²) < 4.78 is 19.5. The number of halogens is 1. The molecule has 7 heteroatoms. The van der Waals surface area contributed by atoms with Gasteiger partial charge in [-0.05, 0) is 58.2 Å². The van der Waals surface area contributed by atoms with Crippen molar-refractivity contribution in [2.24, 2.45) is 0 Å². The normalized spacial score (nSPS) is 14.0. The summed E-state index contributed by atoms with van der Waals surface area (Å²) in [6.45, 7) is 8.99. The number of rotatable bonds is 9. The van der Waals surface area contributed by atoms with Gasteiger partial charge in [-0.3, -0.25) is 4.98 Å². The van der Waals surface area contributed by atoms with E-state index in [4.69, 9.17) is 4.74 Å². The number of hydrogen-bond acceptors (Lipinski definition) is 5. The Morgan fingerprint density at radius 3 is 2.42 bits per heavy atom. The molecular weight excluding hydrogens is 397 g/mol. The number of aliphatic hydroxyl groups is 1. The van der Waals surface area contributed by atoms with Crippen LogP contribution in [0.15, 0.2) is 48.8 Å². The predicted octanol–water partition coefficient (Wildman–Crippen LogP) is 3.87. The molecule has 2 aromatic rings. The fourth-order valence-electron chi connectivity index (χ4n) is 3.03. The van der Waals surface area contributed by atoms with Gasteiger partial charge in [-0.15, -0.1) is 0 Å². The van der Waals surface area contributed by atoms with Crippen LogP contribution < -0.4 is 10.6 Å². The van der Waals surface area contributed by atoms with Crippen LogP contribution in [0, 0.1) is 0 Å². The summed E-state index contributed by atoms with van der Waals surface area (Å²) in [6, 6.07) is 10.8. The quantitative estimate of drug-likeness (QED) is 0.561. The Labute approximate surface area is 184 Å². The van der Waals surface area contributed by atoms with Gasteiger partial charge in [-0.2, -0.15) is 0 Å². The summed E-state index contributed by atoms with van der Waals surface area (Å²) in [5.41, 5.74) is 0.202. The molecule has 0 aliphatic heterocycles. The summed E-state index contributed by atoms with van der Waals surface area (Å²) in [5.74, 6) is 0. The van der Waals surface area contributed by atoms with E-state index in [1.54, 1.807) is 33.0 Å². The lowest BCUT2D eigenvalue weighted by Crippen LogP contribution is -2.49. The Morgan fingerprint density at radius 1 is 1.13 bits per heavy atom. The van der Waals surface area contributed by atoms with Gasteiger partial charge < -0.3 is 20.5 Å². The first-order valence-corrected chi connectivity index (χ1v) is 10.5. The molecule has 170 valence electrons. The third kappa shape index (κ3) is 9.02. The smallest absolute Gasteiger partial charge is 0.407 e. The number of alkyl halides is 1. The number of hydrogen-bond donors (Lipinski definition) is 3. The van der Waals surface area contributed by atoms with E-state index in [1.807, 2.05) is 30.3 Å². The van der Waals surface area contributed by atoms with Gasteiger partial charge in [-0.25, -0.2) is 9.18 Å².